The minimum Gasteiger partial charge on any atom is -0.461 e. The largest absolute Gasteiger partial charge is 0.461 e. The highest BCUT2D eigenvalue weighted by Gasteiger charge is 2.15. The Bertz CT molecular complexity index is 1040. The Balaban J connectivity index is 1.88. The van der Waals surface area contributed by atoms with E-state index in [-0.39, 0.29) is 0 Å². The molecule has 3 heteroatoms. The van der Waals surface area contributed by atoms with E-state index >= 15 is 0 Å². The van der Waals surface area contributed by atoms with Crippen LogP contribution in [0.5, 0.6) is 0 Å². The molecule has 0 aliphatic heterocycles. The number of hydrogen-bond acceptors (Lipinski definition) is 3. The molecule has 0 fully saturated rings. The molecule has 2 aromatic carbocycles. The summed E-state index contributed by atoms with van der Waals surface area (Å²) in [6, 6.07) is 22.7. The van der Waals surface area contributed by atoms with Crippen LogP contribution in [0.4, 0.5) is 0 Å². The Morgan fingerprint density at radius 2 is 1.27 bits per heavy atom. The summed E-state index contributed by atoms with van der Waals surface area (Å²) in [5.41, 5.74) is 7.13. The second kappa shape index (κ2) is 6.60. The minimum absolute atomic E-state index is 0.807. The van der Waals surface area contributed by atoms with E-state index in [1.165, 1.54) is 11.1 Å². The maximum atomic E-state index is 5.90. The van der Waals surface area contributed by atoms with E-state index in [1.54, 1.807) is 0 Å². The van der Waals surface area contributed by atoms with Gasteiger partial charge in [0.25, 0.3) is 0 Å². The number of nitrogens with zero attached hydrogens (tertiary/aromatic N) is 2. The summed E-state index contributed by atoms with van der Waals surface area (Å²) < 4.78 is 5.90. The first-order valence-electron chi connectivity index (χ1n) is 8.69. The lowest BCUT2D eigenvalue weighted by Crippen LogP contribution is -1.95. The molecule has 0 unspecified atom stereocenters. The molecular weight excluding hydrogens is 320 g/mol. The quantitative estimate of drug-likeness (QED) is 0.459. The van der Waals surface area contributed by atoms with Gasteiger partial charge in [0.1, 0.15) is 17.2 Å². The fraction of sp³-hybridized carbons (Fsp3) is 0.130. The molecule has 2 heterocycles. The van der Waals surface area contributed by atoms with Crippen molar-refractivity contribution in [2.75, 3.05) is 0 Å². The van der Waals surface area contributed by atoms with Crippen LogP contribution in [0.2, 0.25) is 0 Å². The van der Waals surface area contributed by atoms with Crippen molar-refractivity contribution >= 4 is 0 Å². The van der Waals surface area contributed by atoms with Gasteiger partial charge in [0.2, 0.25) is 0 Å². The number of rotatable bonds is 3. The molecule has 4 aromatic rings. The number of benzene rings is 2. The van der Waals surface area contributed by atoms with Crippen LogP contribution < -0.4 is 0 Å². The standard InChI is InChI=1S/C23H20N2O/c1-15-4-9-18(10-5-15)21-14-20(22-13-8-17(3)26-22)23(25-24-21)19-11-6-16(2)7-12-19/h4-14H,1-3H3. The monoisotopic (exact) mass is 340 g/mol. The van der Waals surface area contributed by atoms with Crippen molar-refractivity contribution in [2.45, 2.75) is 20.8 Å². The summed E-state index contributed by atoms with van der Waals surface area (Å²) in [6.07, 6.45) is 0. The maximum Gasteiger partial charge on any atom is 0.136 e. The third kappa shape index (κ3) is 3.16. The van der Waals surface area contributed by atoms with Gasteiger partial charge in [-0.15, -0.1) is 10.2 Å². The van der Waals surface area contributed by atoms with Crippen molar-refractivity contribution in [3.05, 3.63) is 83.6 Å². The van der Waals surface area contributed by atoms with Gasteiger partial charge in [-0.2, -0.15) is 0 Å². The second-order valence-electron chi connectivity index (χ2n) is 6.63. The summed E-state index contributed by atoms with van der Waals surface area (Å²) in [5, 5.41) is 9.03. The fourth-order valence-electron chi connectivity index (χ4n) is 2.95. The first-order valence-corrected chi connectivity index (χ1v) is 8.69. The zero-order valence-corrected chi connectivity index (χ0v) is 15.2. The first-order chi connectivity index (χ1) is 12.6. The molecule has 0 atom stereocenters. The number of aromatic nitrogens is 2. The number of hydrogen-bond donors (Lipinski definition) is 0. The van der Waals surface area contributed by atoms with E-state index in [4.69, 9.17) is 4.42 Å². The van der Waals surface area contributed by atoms with E-state index < -0.39 is 0 Å². The molecule has 4 rings (SSSR count). The topological polar surface area (TPSA) is 38.9 Å². The van der Waals surface area contributed by atoms with E-state index in [1.807, 2.05) is 19.1 Å². The molecule has 26 heavy (non-hydrogen) atoms. The summed E-state index contributed by atoms with van der Waals surface area (Å²) in [6.45, 7) is 6.10. The van der Waals surface area contributed by atoms with Gasteiger partial charge < -0.3 is 4.42 Å². The zero-order valence-electron chi connectivity index (χ0n) is 15.2. The van der Waals surface area contributed by atoms with Crippen LogP contribution in [0.1, 0.15) is 16.9 Å². The Morgan fingerprint density at radius 1 is 0.654 bits per heavy atom. The van der Waals surface area contributed by atoms with E-state index in [9.17, 15) is 0 Å². The van der Waals surface area contributed by atoms with Crippen molar-refractivity contribution in [3.8, 4) is 33.8 Å². The van der Waals surface area contributed by atoms with Gasteiger partial charge in [-0.1, -0.05) is 59.7 Å². The molecule has 0 saturated heterocycles. The van der Waals surface area contributed by atoms with E-state index in [0.29, 0.717) is 0 Å². The SMILES string of the molecule is Cc1ccc(-c2cc(-c3ccc(C)o3)c(-c3ccc(C)cc3)nn2)cc1. The lowest BCUT2D eigenvalue weighted by Gasteiger charge is -2.09. The van der Waals surface area contributed by atoms with Crippen LogP contribution in [-0.2, 0) is 0 Å². The summed E-state index contributed by atoms with van der Waals surface area (Å²) in [5.74, 6) is 1.69. The van der Waals surface area contributed by atoms with Crippen LogP contribution in [0.3, 0.4) is 0 Å². The van der Waals surface area contributed by atoms with Crippen LogP contribution in [0, 0.1) is 20.8 Å². The van der Waals surface area contributed by atoms with Crippen molar-refractivity contribution in [1.29, 1.82) is 0 Å². The van der Waals surface area contributed by atoms with Crippen molar-refractivity contribution in [2.24, 2.45) is 0 Å². The molecule has 0 radical (unpaired) electrons. The van der Waals surface area contributed by atoms with Gasteiger partial charge in [-0.05, 0) is 39.0 Å². The van der Waals surface area contributed by atoms with Crippen LogP contribution in [0.25, 0.3) is 33.8 Å². The van der Waals surface area contributed by atoms with E-state index in [0.717, 1.165) is 39.6 Å². The van der Waals surface area contributed by atoms with Gasteiger partial charge in [0.15, 0.2) is 0 Å². The molecular formula is C23H20N2O. The van der Waals surface area contributed by atoms with Crippen molar-refractivity contribution in [3.63, 3.8) is 0 Å². The maximum absolute atomic E-state index is 5.90. The third-order valence-corrected chi connectivity index (χ3v) is 4.47. The molecule has 0 aliphatic rings. The molecule has 2 aromatic heterocycles. The third-order valence-electron chi connectivity index (χ3n) is 4.47. The van der Waals surface area contributed by atoms with Gasteiger partial charge in [-0.3, -0.25) is 0 Å². The van der Waals surface area contributed by atoms with E-state index in [2.05, 4.69) is 78.6 Å². The molecule has 0 spiro atoms. The summed E-state index contributed by atoms with van der Waals surface area (Å²) >= 11 is 0. The lowest BCUT2D eigenvalue weighted by molar-refractivity contribution is 0.548. The van der Waals surface area contributed by atoms with Crippen molar-refractivity contribution < 1.29 is 4.42 Å². The Kier molecular flexibility index (Phi) is 4.13. The second-order valence-corrected chi connectivity index (χ2v) is 6.63. The molecule has 0 bridgehead atoms. The minimum atomic E-state index is 0.807. The molecule has 0 amide bonds. The fourth-order valence-corrected chi connectivity index (χ4v) is 2.95. The van der Waals surface area contributed by atoms with Gasteiger partial charge in [0, 0.05) is 16.7 Å². The Hall–Kier alpha value is -3.20. The number of aryl methyl sites for hydroxylation is 3. The average Bonchev–Trinajstić information content (AvgIpc) is 3.09. The summed E-state index contributed by atoms with van der Waals surface area (Å²) in [4.78, 5) is 0. The highest BCUT2D eigenvalue weighted by atomic mass is 16.3. The molecule has 0 aliphatic carbocycles. The predicted molar refractivity (Wildman–Crippen MR) is 105 cm³/mol. The van der Waals surface area contributed by atoms with Gasteiger partial charge >= 0.3 is 0 Å². The summed E-state index contributed by atoms with van der Waals surface area (Å²) in [7, 11) is 0. The number of furan rings is 1. The highest BCUT2D eigenvalue weighted by molar-refractivity contribution is 5.81. The normalized spacial score (nSPS) is 10.9. The molecule has 128 valence electrons. The predicted octanol–water partition coefficient (Wildman–Crippen LogP) is 6.00. The Morgan fingerprint density at radius 3 is 1.85 bits per heavy atom. The molecule has 0 N–H and O–H groups in total. The van der Waals surface area contributed by atoms with Gasteiger partial charge in [0.05, 0.1) is 5.69 Å². The van der Waals surface area contributed by atoms with Crippen molar-refractivity contribution in [1.82, 2.24) is 10.2 Å². The average molecular weight is 340 g/mol. The van der Waals surface area contributed by atoms with Crippen LogP contribution >= 0.6 is 0 Å². The van der Waals surface area contributed by atoms with Crippen LogP contribution in [-0.4, -0.2) is 10.2 Å². The van der Waals surface area contributed by atoms with Gasteiger partial charge in [-0.25, -0.2) is 0 Å². The molecule has 3 nitrogen and oxygen atoms in total. The molecule has 0 saturated carbocycles. The highest BCUT2D eigenvalue weighted by Crippen LogP contribution is 2.33. The van der Waals surface area contributed by atoms with Crippen LogP contribution in [0.15, 0.2) is 71.1 Å². The Labute approximate surface area is 153 Å². The zero-order chi connectivity index (χ0) is 18.1. The first kappa shape index (κ1) is 16.3. The smallest absolute Gasteiger partial charge is 0.136 e. The lowest BCUT2D eigenvalue weighted by atomic mass is 10.0.